The molecule has 0 radical (unpaired) electrons. The molecule has 0 unspecified atom stereocenters. The average molecular weight is 286 g/mol. The van der Waals surface area contributed by atoms with Gasteiger partial charge in [-0.15, -0.1) is 0 Å². The SMILES string of the molecule is Clc1cc(N2CCCc3ccccc32)nc(C2CC2)n1. The number of aromatic nitrogens is 2. The number of fused-ring (bicyclic) bond motifs is 1. The van der Waals surface area contributed by atoms with Crippen molar-refractivity contribution in [3.63, 3.8) is 0 Å². The van der Waals surface area contributed by atoms with E-state index in [1.54, 1.807) is 0 Å². The third-order valence-electron chi connectivity index (χ3n) is 4.03. The van der Waals surface area contributed by atoms with Gasteiger partial charge in [0.25, 0.3) is 0 Å². The maximum absolute atomic E-state index is 6.19. The van der Waals surface area contributed by atoms with Crippen LogP contribution in [0.25, 0.3) is 0 Å². The molecule has 0 bridgehead atoms. The molecule has 2 heterocycles. The molecule has 20 heavy (non-hydrogen) atoms. The summed E-state index contributed by atoms with van der Waals surface area (Å²) >= 11 is 6.19. The van der Waals surface area contributed by atoms with Crippen LogP contribution >= 0.6 is 11.6 Å². The fraction of sp³-hybridized carbons (Fsp3) is 0.375. The first kappa shape index (κ1) is 12.2. The maximum Gasteiger partial charge on any atom is 0.138 e. The second kappa shape index (κ2) is 4.74. The van der Waals surface area contributed by atoms with Crippen molar-refractivity contribution in [3.8, 4) is 0 Å². The van der Waals surface area contributed by atoms with Crippen LogP contribution in [0, 0.1) is 0 Å². The van der Waals surface area contributed by atoms with E-state index in [1.807, 2.05) is 6.07 Å². The van der Waals surface area contributed by atoms with Crippen molar-refractivity contribution < 1.29 is 0 Å². The maximum atomic E-state index is 6.19. The van der Waals surface area contributed by atoms with E-state index >= 15 is 0 Å². The number of anilines is 2. The van der Waals surface area contributed by atoms with Gasteiger partial charge < -0.3 is 4.90 Å². The highest BCUT2D eigenvalue weighted by atomic mass is 35.5. The molecule has 2 aromatic rings. The number of aryl methyl sites for hydroxylation is 1. The first-order valence-electron chi connectivity index (χ1n) is 7.21. The Morgan fingerprint density at radius 3 is 2.85 bits per heavy atom. The number of hydrogen-bond donors (Lipinski definition) is 0. The van der Waals surface area contributed by atoms with Gasteiger partial charge in [-0.1, -0.05) is 29.8 Å². The summed E-state index contributed by atoms with van der Waals surface area (Å²) in [6, 6.07) is 10.4. The third-order valence-corrected chi connectivity index (χ3v) is 4.22. The monoisotopic (exact) mass is 285 g/mol. The van der Waals surface area contributed by atoms with Gasteiger partial charge in [-0.05, 0) is 37.3 Å². The molecule has 1 aliphatic carbocycles. The van der Waals surface area contributed by atoms with E-state index in [1.165, 1.54) is 24.1 Å². The molecule has 4 rings (SSSR count). The number of hydrogen-bond acceptors (Lipinski definition) is 3. The molecule has 2 aliphatic rings. The molecule has 1 saturated carbocycles. The van der Waals surface area contributed by atoms with Crippen LogP contribution in [-0.4, -0.2) is 16.5 Å². The van der Waals surface area contributed by atoms with Gasteiger partial charge in [0.05, 0.1) is 0 Å². The lowest BCUT2D eigenvalue weighted by Gasteiger charge is -2.30. The number of para-hydroxylation sites is 1. The normalized spacial score (nSPS) is 17.9. The Hall–Kier alpha value is -1.61. The highest BCUT2D eigenvalue weighted by Crippen LogP contribution is 2.40. The average Bonchev–Trinajstić information content (AvgIpc) is 3.30. The van der Waals surface area contributed by atoms with Crippen LogP contribution in [0.1, 0.15) is 36.6 Å². The minimum Gasteiger partial charge on any atom is -0.326 e. The highest BCUT2D eigenvalue weighted by molar-refractivity contribution is 6.29. The molecule has 0 amide bonds. The van der Waals surface area contributed by atoms with Crippen LogP contribution < -0.4 is 4.90 Å². The van der Waals surface area contributed by atoms with Crippen LogP contribution in [-0.2, 0) is 6.42 Å². The Morgan fingerprint density at radius 1 is 1.15 bits per heavy atom. The van der Waals surface area contributed by atoms with Crippen LogP contribution in [0.2, 0.25) is 5.15 Å². The van der Waals surface area contributed by atoms with Gasteiger partial charge in [-0.3, -0.25) is 0 Å². The predicted molar refractivity (Wildman–Crippen MR) is 80.8 cm³/mol. The fourth-order valence-corrected chi connectivity index (χ4v) is 3.04. The van der Waals surface area contributed by atoms with E-state index in [-0.39, 0.29) is 0 Å². The zero-order valence-corrected chi connectivity index (χ0v) is 12.0. The molecular formula is C16H16ClN3. The van der Waals surface area contributed by atoms with E-state index in [2.05, 4.69) is 34.1 Å². The summed E-state index contributed by atoms with van der Waals surface area (Å²) in [4.78, 5) is 11.4. The van der Waals surface area contributed by atoms with Crippen LogP contribution in [0.4, 0.5) is 11.5 Å². The summed E-state index contributed by atoms with van der Waals surface area (Å²) in [6.45, 7) is 0.995. The summed E-state index contributed by atoms with van der Waals surface area (Å²) in [5.41, 5.74) is 2.65. The first-order valence-corrected chi connectivity index (χ1v) is 7.59. The molecule has 0 N–H and O–H groups in total. The lowest BCUT2D eigenvalue weighted by Crippen LogP contribution is -2.25. The number of rotatable bonds is 2. The molecule has 102 valence electrons. The molecule has 0 saturated heterocycles. The first-order chi connectivity index (χ1) is 9.81. The zero-order chi connectivity index (χ0) is 13.5. The molecule has 4 heteroatoms. The Labute approximate surface area is 123 Å². The predicted octanol–water partition coefficient (Wildman–Crippen LogP) is 4.09. The van der Waals surface area contributed by atoms with Gasteiger partial charge in [0, 0.05) is 24.2 Å². The summed E-state index contributed by atoms with van der Waals surface area (Å²) in [5, 5.41) is 0.556. The molecule has 0 spiro atoms. The van der Waals surface area contributed by atoms with Crippen molar-refractivity contribution in [2.24, 2.45) is 0 Å². The van der Waals surface area contributed by atoms with E-state index < -0.39 is 0 Å². The lowest BCUT2D eigenvalue weighted by molar-refractivity contribution is 0.753. The van der Waals surface area contributed by atoms with E-state index in [9.17, 15) is 0 Å². The Kier molecular flexibility index (Phi) is 2.88. The third kappa shape index (κ3) is 2.16. The number of benzene rings is 1. The Morgan fingerprint density at radius 2 is 2.00 bits per heavy atom. The van der Waals surface area contributed by atoms with Crippen LogP contribution in [0.5, 0.6) is 0 Å². The fourth-order valence-electron chi connectivity index (χ4n) is 2.86. The van der Waals surface area contributed by atoms with Crippen molar-refractivity contribution in [2.75, 3.05) is 11.4 Å². The number of nitrogens with zero attached hydrogens (tertiary/aromatic N) is 3. The Bertz CT molecular complexity index is 652. The smallest absolute Gasteiger partial charge is 0.138 e. The van der Waals surface area contributed by atoms with Gasteiger partial charge in [0.2, 0.25) is 0 Å². The van der Waals surface area contributed by atoms with Crippen molar-refractivity contribution in [2.45, 2.75) is 31.6 Å². The van der Waals surface area contributed by atoms with Crippen LogP contribution in [0.3, 0.4) is 0 Å². The van der Waals surface area contributed by atoms with Gasteiger partial charge in [-0.25, -0.2) is 9.97 Å². The zero-order valence-electron chi connectivity index (χ0n) is 11.2. The van der Waals surface area contributed by atoms with Gasteiger partial charge in [0.1, 0.15) is 16.8 Å². The lowest BCUT2D eigenvalue weighted by atomic mass is 10.0. The Balaban J connectivity index is 1.78. The van der Waals surface area contributed by atoms with Gasteiger partial charge >= 0.3 is 0 Å². The van der Waals surface area contributed by atoms with Crippen LogP contribution in [0.15, 0.2) is 30.3 Å². The van der Waals surface area contributed by atoms with Crippen molar-refractivity contribution in [1.29, 1.82) is 0 Å². The summed E-state index contributed by atoms with van der Waals surface area (Å²) in [6.07, 6.45) is 4.67. The molecule has 0 atom stereocenters. The van der Waals surface area contributed by atoms with E-state index in [0.29, 0.717) is 11.1 Å². The minimum atomic E-state index is 0.521. The van der Waals surface area contributed by atoms with Crippen molar-refractivity contribution in [1.82, 2.24) is 9.97 Å². The molecule has 1 aromatic heterocycles. The summed E-state index contributed by atoms with van der Waals surface area (Å²) < 4.78 is 0. The van der Waals surface area contributed by atoms with Crippen molar-refractivity contribution in [3.05, 3.63) is 46.9 Å². The second-order valence-electron chi connectivity index (χ2n) is 5.57. The second-order valence-corrected chi connectivity index (χ2v) is 5.95. The van der Waals surface area contributed by atoms with Gasteiger partial charge in [0.15, 0.2) is 0 Å². The molecule has 1 fully saturated rings. The standard InChI is InChI=1S/C16H16ClN3/c17-14-10-15(19-16(18-14)12-7-8-12)20-9-3-5-11-4-1-2-6-13(11)20/h1-2,4,6,10,12H,3,5,7-9H2. The highest BCUT2D eigenvalue weighted by Gasteiger charge is 2.28. The van der Waals surface area contributed by atoms with Gasteiger partial charge in [-0.2, -0.15) is 0 Å². The van der Waals surface area contributed by atoms with E-state index in [4.69, 9.17) is 16.6 Å². The number of halogens is 1. The van der Waals surface area contributed by atoms with E-state index in [0.717, 1.165) is 31.0 Å². The molecule has 1 aliphatic heterocycles. The van der Waals surface area contributed by atoms with Crippen molar-refractivity contribution >= 4 is 23.1 Å². The summed E-state index contributed by atoms with van der Waals surface area (Å²) in [5.74, 6) is 2.38. The summed E-state index contributed by atoms with van der Waals surface area (Å²) in [7, 11) is 0. The molecular weight excluding hydrogens is 270 g/mol. The molecule has 1 aromatic carbocycles. The quantitative estimate of drug-likeness (QED) is 0.778. The topological polar surface area (TPSA) is 29.0 Å². The minimum absolute atomic E-state index is 0.521. The molecule has 3 nitrogen and oxygen atoms in total. The largest absolute Gasteiger partial charge is 0.326 e.